The van der Waals surface area contributed by atoms with E-state index in [9.17, 15) is 0 Å². The van der Waals surface area contributed by atoms with Gasteiger partial charge in [0.15, 0.2) is 0 Å². The number of rotatable bonds is 2. The van der Waals surface area contributed by atoms with Crippen LogP contribution >= 0.6 is 0 Å². The molecule has 1 aromatic heterocycles. The van der Waals surface area contributed by atoms with Crippen LogP contribution in [0.25, 0.3) is 6.08 Å². The Kier molecular flexibility index (Phi) is 10.1. The smallest absolute Gasteiger partial charge is 0.300 e. The zero-order chi connectivity index (χ0) is 14.3. The Morgan fingerprint density at radius 3 is 2.53 bits per heavy atom. The first kappa shape index (κ1) is 16.3. The lowest BCUT2D eigenvalue weighted by atomic mass is 10.4. The Morgan fingerprint density at radius 1 is 1.37 bits per heavy atom. The SMILES string of the molecule is CC(=O)O.OC/C=C/C#CC#C/C=C/c1ccco1. The number of aliphatic hydroxyl groups excluding tert-OH is 1. The van der Waals surface area contributed by atoms with Crippen molar-refractivity contribution in [2.75, 3.05) is 6.61 Å². The molecule has 0 atom stereocenters. The number of carbonyl (C=O) groups is 1. The molecule has 0 aliphatic heterocycles. The van der Waals surface area contributed by atoms with Crippen LogP contribution in [0.15, 0.2) is 41.0 Å². The summed E-state index contributed by atoms with van der Waals surface area (Å²) in [6, 6.07) is 3.65. The van der Waals surface area contributed by atoms with E-state index < -0.39 is 5.97 Å². The number of aliphatic hydroxyl groups is 1. The summed E-state index contributed by atoms with van der Waals surface area (Å²) in [5.41, 5.74) is 0. The van der Waals surface area contributed by atoms with Crippen LogP contribution in [-0.4, -0.2) is 22.8 Å². The Bertz CT molecular complexity index is 524. The number of hydrogen-bond donors (Lipinski definition) is 2. The van der Waals surface area contributed by atoms with Gasteiger partial charge in [-0.15, -0.1) is 0 Å². The number of furan rings is 1. The van der Waals surface area contributed by atoms with Gasteiger partial charge in [0.05, 0.1) is 12.9 Å². The zero-order valence-corrected chi connectivity index (χ0v) is 10.5. The summed E-state index contributed by atoms with van der Waals surface area (Å²) in [6.07, 6.45) is 8.15. The number of aliphatic carboxylic acids is 1. The van der Waals surface area contributed by atoms with Gasteiger partial charge in [-0.3, -0.25) is 4.79 Å². The van der Waals surface area contributed by atoms with E-state index in [4.69, 9.17) is 19.4 Å². The fourth-order valence-corrected chi connectivity index (χ4v) is 0.777. The van der Waals surface area contributed by atoms with Crippen molar-refractivity contribution in [1.82, 2.24) is 0 Å². The molecule has 0 aromatic carbocycles. The maximum Gasteiger partial charge on any atom is 0.300 e. The number of allylic oxidation sites excluding steroid dienone is 2. The lowest BCUT2D eigenvalue weighted by Crippen LogP contribution is -1.78. The first-order valence-corrected chi connectivity index (χ1v) is 5.33. The minimum atomic E-state index is -0.833. The number of hydrogen-bond acceptors (Lipinski definition) is 3. The molecule has 0 radical (unpaired) electrons. The van der Waals surface area contributed by atoms with E-state index in [0.29, 0.717) is 0 Å². The standard InChI is InChI=1S/C13H10O2.C2H4O2/c14-11-7-5-3-1-2-4-6-9-13-10-8-12-15-13;1-2(3)4/h5-10,12,14H,11H2;1H3,(H,3,4)/b7-5+,9-6+;. The van der Waals surface area contributed by atoms with E-state index in [0.717, 1.165) is 12.7 Å². The topological polar surface area (TPSA) is 70.7 Å². The van der Waals surface area contributed by atoms with Gasteiger partial charge in [-0.05, 0) is 42.2 Å². The van der Waals surface area contributed by atoms with Crippen LogP contribution in [0.2, 0.25) is 0 Å². The maximum atomic E-state index is 9.00. The molecule has 1 rings (SSSR count). The first-order valence-electron chi connectivity index (χ1n) is 5.33. The predicted octanol–water partition coefficient (Wildman–Crippen LogP) is 1.94. The second-order valence-electron chi connectivity index (χ2n) is 2.99. The average molecular weight is 258 g/mol. The van der Waals surface area contributed by atoms with E-state index in [1.165, 1.54) is 0 Å². The van der Waals surface area contributed by atoms with Crippen LogP contribution in [0.4, 0.5) is 0 Å². The molecule has 0 saturated heterocycles. The van der Waals surface area contributed by atoms with Crippen LogP contribution in [0.5, 0.6) is 0 Å². The zero-order valence-electron chi connectivity index (χ0n) is 10.5. The van der Waals surface area contributed by atoms with Crippen molar-refractivity contribution in [2.24, 2.45) is 0 Å². The molecule has 19 heavy (non-hydrogen) atoms. The van der Waals surface area contributed by atoms with Gasteiger partial charge in [0.1, 0.15) is 5.76 Å². The van der Waals surface area contributed by atoms with Crippen LogP contribution in [-0.2, 0) is 4.79 Å². The molecule has 4 nitrogen and oxygen atoms in total. The van der Waals surface area contributed by atoms with Gasteiger partial charge in [0.25, 0.3) is 5.97 Å². The molecular formula is C15H14O4. The highest BCUT2D eigenvalue weighted by atomic mass is 16.4. The molecule has 2 N–H and O–H groups in total. The van der Waals surface area contributed by atoms with Crippen molar-refractivity contribution in [2.45, 2.75) is 6.92 Å². The van der Waals surface area contributed by atoms with Gasteiger partial charge in [-0.2, -0.15) is 0 Å². The third-order valence-corrected chi connectivity index (χ3v) is 1.39. The molecule has 0 amide bonds. The fraction of sp³-hybridized carbons (Fsp3) is 0.133. The highest BCUT2D eigenvalue weighted by Gasteiger charge is 1.83. The normalized spacial score (nSPS) is 8.95. The van der Waals surface area contributed by atoms with Crippen molar-refractivity contribution < 1.29 is 19.4 Å². The monoisotopic (exact) mass is 258 g/mol. The summed E-state index contributed by atoms with van der Waals surface area (Å²) in [7, 11) is 0. The average Bonchev–Trinajstić information content (AvgIpc) is 2.85. The molecule has 0 bridgehead atoms. The molecule has 0 aliphatic rings. The number of carboxylic acid groups (broad SMARTS) is 1. The van der Waals surface area contributed by atoms with Crippen molar-refractivity contribution in [3.63, 3.8) is 0 Å². The van der Waals surface area contributed by atoms with Crippen LogP contribution < -0.4 is 0 Å². The van der Waals surface area contributed by atoms with Gasteiger partial charge in [0.2, 0.25) is 0 Å². The molecular weight excluding hydrogens is 244 g/mol. The van der Waals surface area contributed by atoms with E-state index in [2.05, 4.69) is 23.7 Å². The largest absolute Gasteiger partial charge is 0.481 e. The summed E-state index contributed by atoms with van der Waals surface area (Å²) in [4.78, 5) is 9.00. The van der Waals surface area contributed by atoms with Crippen LogP contribution in [0, 0.1) is 23.7 Å². The highest BCUT2D eigenvalue weighted by molar-refractivity contribution is 5.62. The third-order valence-electron chi connectivity index (χ3n) is 1.39. The minimum absolute atomic E-state index is 0.000501. The molecule has 0 fully saturated rings. The van der Waals surface area contributed by atoms with E-state index in [1.54, 1.807) is 30.6 Å². The van der Waals surface area contributed by atoms with Gasteiger partial charge < -0.3 is 14.6 Å². The van der Waals surface area contributed by atoms with E-state index in [1.807, 2.05) is 12.1 Å². The Morgan fingerprint density at radius 2 is 2.00 bits per heavy atom. The summed E-state index contributed by atoms with van der Waals surface area (Å²) in [5.74, 6) is 10.6. The molecule has 4 heteroatoms. The molecule has 0 spiro atoms. The summed E-state index contributed by atoms with van der Waals surface area (Å²) in [6.45, 7) is 1.08. The van der Waals surface area contributed by atoms with Crippen molar-refractivity contribution in [3.8, 4) is 23.7 Å². The van der Waals surface area contributed by atoms with Crippen molar-refractivity contribution in [1.29, 1.82) is 0 Å². The Balaban J connectivity index is 0.000000711. The van der Waals surface area contributed by atoms with Crippen LogP contribution in [0.3, 0.4) is 0 Å². The van der Waals surface area contributed by atoms with Crippen molar-refractivity contribution in [3.05, 3.63) is 42.4 Å². The summed E-state index contributed by atoms with van der Waals surface area (Å²) < 4.78 is 5.06. The second-order valence-corrected chi connectivity index (χ2v) is 2.99. The van der Waals surface area contributed by atoms with Crippen LogP contribution in [0.1, 0.15) is 12.7 Å². The Labute approximate surface area is 112 Å². The second kappa shape index (κ2) is 11.8. The lowest BCUT2D eigenvalue weighted by Gasteiger charge is -1.76. The molecule has 1 heterocycles. The fourth-order valence-electron chi connectivity index (χ4n) is 0.777. The third kappa shape index (κ3) is 13.2. The van der Waals surface area contributed by atoms with Crippen molar-refractivity contribution >= 4 is 12.0 Å². The van der Waals surface area contributed by atoms with Gasteiger partial charge in [0, 0.05) is 6.92 Å². The molecule has 0 saturated carbocycles. The molecule has 1 aromatic rings. The first-order chi connectivity index (χ1) is 9.16. The highest BCUT2D eigenvalue weighted by Crippen LogP contribution is 2.00. The predicted molar refractivity (Wildman–Crippen MR) is 72.8 cm³/mol. The number of carboxylic acids is 1. The van der Waals surface area contributed by atoms with E-state index >= 15 is 0 Å². The Hall–Kier alpha value is -2.69. The van der Waals surface area contributed by atoms with Gasteiger partial charge in [-0.1, -0.05) is 17.9 Å². The van der Waals surface area contributed by atoms with Gasteiger partial charge in [-0.25, -0.2) is 0 Å². The minimum Gasteiger partial charge on any atom is -0.481 e. The molecule has 98 valence electrons. The van der Waals surface area contributed by atoms with E-state index in [-0.39, 0.29) is 6.61 Å². The summed E-state index contributed by atoms with van der Waals surface area (Å²) in [5, 5.41) is 15.8. The summed E-state index contributed by atoms with van der Waals surface area (Å²) >= 11 is 0. The maximum absolute atomic E-state index is 9.00. The van der Waals surface area contributed by atoms with Gasteiger partial charge >= 0.3 is 0 Å². The quantitative estimate of drug-likeness (QED) is 0.795. The molecule has 0 aliphatic carbocycles. The lowest BCUT2D eigenvalue weighted by molar-refractivity contribution is -0.134. The molecule has 0 unspecified atom stereocenters.